The fourth-order valence-corrected chi connectivity index (χ4v) is 2.80. The molecule has 0 saturated carbocycles. The van der Waals surface area contributed by atoms with E-state index in [2.05, 4.69) is 0 Å². The van der Waals surface area contributed by atoms with Crippen molar-refractivity contribution < 1.29 is 14.7 Å². The van der Waals surface area contributed by atoms with Crippen molar-refractivity contribution in [3.63, 3.8) is 0 Å². The van der Waals surface area contributed by atoms with Crippen molar-refractivity contribution >= 4 is 23.5 Å². The third-order valence-electron chi connectivity index (χ3n) is 3.17. The number of carbonyl (C=O) groups excluding carboxylic acids is 1. The molecule has 0 aromatic heterocycles. The van der Waals surface area contributed by atoms with Gasteiger partial charge in [0.05, 0.1) is 5.56 Å². The third kappa shape index (κ3) is 3.73. The van der Waals surface area contributed by atoms with Gasteiger partial charge in [-0.3, -0.25) is 4.79 Å². The third-order valence-corrected chi connectivity index (χ3v) is 4.17. The number of hydrogen-bond donors (Lipinski definition) is 1. The van der Waals surface area contributed by atoms with Crippen molar-refractivity contribution in [1.82, 2.24) is 0 Å². The Bertz CT molecular complexity index is 675. The van der Waals surface area contributed by atoms with Crippen LogP contribution in [-0.4, -0.2) is 16.9 Å². The monoisotopic (exact) mass is 300 g/mol. The molecule has 0 heterocycles. The molecule has 0 amide bonds. The molecule has 0 bridgehead atoms. The van der Waals surface area contributed by atoms with Gasteiger partial charge in [-0.2, -0.15) is 0 Å². The highest BCUT2D eigenvalue weighted by atomic mass is 32.2. The van der Waals surface area contributed by atoms with Gasteiger partial charge in [-0.1, -0.05) is 36.9 Å². The molecule has 0 spiro atoms. The molecule has 0 atom stereocenters. The first-order valence-corrected chi connectivity index (χ1v) is 7.48. The summed E-state index contributed by atoms with van der Waals surface area (Å²) < 4.78 is 0. The average molecular weight is 300 g/mol. The molecule has 4 heteroatoms. The first kappa shape index (κ1) is 15.3. The average Bonchev–Trinajstić information content (AvgIpc) is 2.49. The van der Waals surface area contributed by atoms with Crippen molar-refractivity contribution in [2.24, 2.45) is 0 Å². The Hall–Kier alpha value is -2.07. The lowest BCUT2D eigenvalue weighted by Crippen LogP contribution is -1.99. The molecule has 0 radical (unpaired) electrons. The van der Waals surface area contributed by atoms with Crippen molar-refractivity contribution in [3.8, 4) is 0 Å². The predicted molar refractivity (Wildman–Crippen MR) is 83.3 cm³/mol. The van der Waals surface area contributed by atoms with E-state index in [0.717, 1.165) is 15.4 Å². The molecule has 2 rings (SSSR count). The van der Waals surface area contributed by atoms with E-state index in [-0.39, 0.29) is 5.78 Å². The van der Waals surface area contributed by atoms with E-state index in [4.69, 9.17) is 5.11 Å². The van der Waals surface area contributed by atoms with Crippen LogP contribution in [0.2, 0.25) is 0 Å². The van der Waals surface area contributed by atoms with Crippen molar-refractivity contribution in [2.75, 3.05) is 0 Å². The second-order valence-electron chi connectivity index (χ2n) is 4.69. The quantitative estimate of drug-likeness (QED) is 0.830. The Kier molecular flexibility index (Phi) is 4.81. The highest BCUT2D eigenvalue weighted by Crippen LogP contribution is 2.29. The zero-order valence-corrected chi connectivity index (χ0v) is 12.7. The Labute approximate surface area is 128 Å². The van der Waals surface area contributed by atoms with Gasteiger partial charge in [0.1, 0.15) is 0 Å². The highest BCUT2D eigenvalue weighted by Gasteiger charge is 2.09. The van der Waals surface area contributed by atoms with Gasteiger partial charge in [0.25, 0.3) is 0 Å². The topological polar surface area (TPSA) is 54.4 Å². The fraction of sp³-hybridized carbons (Fsp3) is 0.176. The molecule has 2 aromatic carbocycles. The van der Waals surface area contributed by atoms with Gasteiger partial charge in [-0.15, -0.1) is 0 Å². The largest absolute Gasteiger partial charge is 0.478 e. The summed E-state index contributed by atoms with van der Waals surface area (Å²) in [5.74, 6) is -0.797. The zero-order chi connectivity index (χ0) is 15.4. The summed E-state index contributed by atoms with van der Waals surface area (Å²) in [6.07, 6.45) is 0.492. The summed E-state index contributed by atoms with van der Waals surface area (Å²) >= 11 is 1.48. The van der Waals surface area contributed by atoms with Crippen LogP contribution in [0.1, 0.15) is 39.6 Å². The van der Waals surface area contributed by atoms with Crippen LogP contribution in [-0.2, 0) is 0 Å². The maximum atomic E-state index is 11.6. The lowest BCUT2D eigenvalue weighted by atomic mass is 10.1. The summed E-state index contributed by atoms with van der Waals surface area (Å²) in [6, 6.07) is 12.8. The molecule has 1 N–H and O–H groups in total. The van der Waals surface area contributed by atoms with Gasteiger partial charge >= 0.3 is 5.97 Å². The number of Topliss-reactive ketones (excluding diaryl/α,β-unsaturated/α-hetero) is 1. The number of carboxylic acid groups (broad SMARTS) is 1. The molecule has 0 aliphatic heterocycles. The van der Waals surface area contributed by atoms with E-state index in [1.807, 2.05) is 25.1 Å². The van der Waals surface area contributed by atoms with Crippen LogP contribution in [0.25, 0.3) is 0 Å². The molecule has 21 heavy (non-hydrogen) atoms. The SMILES string of the molecule is CCC(=O)c1ccc(Sc2ccc(C)c(C(=O)O)c2)cc1. The number of aromatic carboxylic acids is 1. The number of rotatable bonds is 5. The van der Waals surface area contributed by atoms with Crippen molar-refractivity contribution in [2.45, 2.75) is 30.1 Å². The Balaban J connectivity index is 2.20. The highest BCUT2D eigenvalue weighted by molar-refractivity contribution is 7.99. The van der Waals surface area contributed by atoms with Gasteiger partial charge in [-0.05, 0) is 36.8 Å². The second-order valence-corrected chi connectivity index (χ2v) is 5.83. The first-order chi connectivity index (χ1) is 10.0. The van der Waals surface area contributed by atoms with Crippen molar-refractivity contribution in [1.29, 1.82) is 0 Å². The molecule has 0 aliphatic carbocycles. The first-order valence-electron chi connectivity index (χ1n) is 6.66. The summed E-state index contributed by atoms with van der Waals surface area (Å²) in [7, 11) is 0. The van der Waals surface area contributed by atoms with Crippen LogP contribution in [0, 0.1) is 6.92 Å². The van der Waals surface area contributed by atoms with Gasteiger partial charge < -0.3 is 5.11 Å². The van der Waals surface area contributed by atoms with Crippen LogP contribution < -0.4 is 0 Å². The predicted octanol–water partition coefficient (Wildman–Crippen LogP) is 4.44. The lowest BCUT2D eigenvalue weighted by molar-refractivity contribution is 0.0695. The molecule has 2 aromatic rings. The van der Waals surface area contributed by atoms with Crippen LogP contribution >= 0.6 is 11.8 Å². The number of ketones is 1. The maximum absolute atomic E-state index is 11.6. The molecule has 0 saturated heterocycles. The molecule has 3 nitrogen and oxygen atoms in total. The Morgan fingerprint density at radius 2 is 1.67 bits per heavy atom. The van der Waals surface area contributed by atoms with Crippen LogP contribution in [0.15, 0.2) is 52.3 Å². The van der Waals surface area contributed by atoms with Crippen LogP contribution in [0.5, 0.6) is 0 Å². The number of carboxylic acids is 1. The van der Waals surface area contributed by atoms with E-state index in [1.165, 1.54) is 11.8 Å². The smallest absolute Gasteiger partial charge is 0.335 e. The number of hydrogen-bond acceptors (Lipinski definition) is 3. The molecule has 0 fully saturated rings. The van der Waals surface area contributed by atoms with E-state index < -0.39 is 5.97 Å². The van der Waals surface area contributed by atoms with E-state index in [9.17, 15) is 9.59 Å². The van der Waals surface area contributed by atoms with E-state index in [1.54, 1.807) is 31.2 Å². The molecular weight excluding hydrogens is 284 g/mol. The maximum Gasteiger partial charge on any atom is 0.335 e. The summed E-state index contributed by atoms with van der Waals surface area (Å²) in [5.41, 5.74) is 1.77. The zero-order valence-electron chi connectivity index (χ0n) is 11.9. The van der Waals surface area contributed by atoms with E-state index >= 15 is 0 Å². The number of carbonyl (C=O) groups is 2. The summed E-state index contributed by atoms with van der Waals surface area (Å²) in [5, 5.41) is 9.13. The van der Waals surface area contributed by atoms with Gasteiger partial charge in [0, 0.05) is 21.8 Å². The molecule has 108 valence electrons. The van der Waals surface area contributed by atoms with E-state index in [0.29, 0.717) is 17.5 Å². The Morgan fingerprint density at radius 3 is 2.24 bits per heavy atom. The molecule has 0 aliphatic rings. The lowest BCUT2D eigenvalue weighted by Gasteiger charge is -2.06. The normalized spacial score (nSPS) is 10.4. The Morgan fingerprint density at radius 1 is 1.05 bits per heavy atom. The summed E-state index contributed by atoms with van der Waals surface area (Å²) in [4.78, 5) is 24.5. The minimum Gasteiger partial charge on any atom is -0.478 e. The van der Waals surface area contributed by atoms with Gasteiger partial charge in [0.15, 0.2) is 5.78 Å². The van der Waals surface area contributed by atoms with Crippen LogP contribution in [0.3, 0.4) is 0 Å². The van der Waals surface area contributed by atoms with Crippen LogP contribution in [0.4, 0.5) is 0 Å². The molecule has 0 unspecified atom stereocenters. The second kappa shape index (κ2) is 6.59. The van der Waals surface area contributed by atoms with Gasteiger partial charge in [-0.25, -0.2) is 4.79 Å². The standard InChI is InChI=1S/C17H16O3S/c1-3-16(18)12-5-8-13(9-6-12)21-14-7-4-11(2)15(10-14)17(19)20/h4-10H,3H2,1-2H3,(H,19,20). The number of benzene rings is 2. The summed E-state index contributed by atoms with van der Waals surface area (Å²) in [6.45, 7) is 3.62. The number of aryl methyl sites for hydroxylation is 1. The van der Waals surface area contributed by atoms with Gasteiger partial charge in [0.2, 0.25) is 0 Å². The van der Waals surface area contributed by atoms with Crippen molar-refractivity contribution in [3.05, 3.63) is 59.2 Å². The minimum atomic E-state index is -0.918. The molecular formula is C17H16O3S. The minimum absolute atomic E-state index is 0.120. The fourth-order valence-electron chi connectivity index (χ4n) is 1.94.